The maximum absolute atomic E-state index is 13.8. The predicted octanol–water partition coefficient (Wildman–Crippen LogP) is 3.52. The third-order valence-corrected chi connectivity index (χ3v) is 5.58. The molecule has 4 aromatic rings. The number of carbonyl (C=O) groups excluding carboxylic acids is 1. The number of carbonyl (C=O) groups is 1. The molecular formula is C24H24FN5O2. The molecule has 0 aliphatic rings. The summed E-state index contributed by atoms with van der Waals surface area (Å²) >= 11 is 0. The van der Waals surface area contributed by atoms with Gasteiger partial charge in [0.25, 0.3) is 5.56 Å². The molecule has 0 aliphatic carbocycles. The van der Waals surface area contributed by atoms with Crippen LogP contribution >= 0.6 is 0 Å². The smallest absolute Gasteiger partial charge is 0.295 e. The number of rotatable bonds is 5. The molecular weight excluding hydrogens is 409 g/mol. The number of halogens is 1. The third-order valence-electron chi connectivity index (χ3n) is 5.58. The van der Waals surface area contributed by atoms with Crippen molar-refractivity contribution in [1.29, 1.82) is 0 Å². The van der Waals surface area contributed by atoms with Crippen molar-refractivity contribution in [2.24, 2.45) is 0 Å². The molecule has 2 heterocycles. The van der Waals surface area contributed by atoms with Gasteiger partial charge in [-0.15, -0.1) is 0 Å². The molecule has 0 saturated carbocycles. The van der Waals surface area contributed by atoms with Crippen LogP contribution in [-0.4, -0.2) is 25.5 Å². The standard InChI is InChI=1S/C24H24FN5O2/c1-14-9-11-19(12-10-14)29-16(3)21-15(2)27-30(24(32)22(21)28-29)17(4)23(31)26-13-18-7-5-6-8-20(18)25/h5-12,17H,13H2,1-4H3,(H,26,31)/t17-/m0/s1. The number of hydrogen-bond acceptors (Lipinski definition) is 4. The molecule has 1 N–H and O–H groups in total. The highest BCUT2D eigenvalue weighted by molar-refractivity contribution is 5.84. The summed E-state index contributed by atoms with van der Waals surface area (Å²) in [5.74, 6) is -0.832. The average Bonchev–Trinajstić information content (AvgIpc) is 3.13. The van der Waals surface area contributed by atoms with Gasteiger partial charge in [0.05, 0.1) is 22.5 Å². The van der Waals surface area contributed by atoms with E-state index in [4.69, 9.17) is 0 Å². The van der Waals surface area contributed by atoms with Crippen LogP contribution in [0.4, 0.5) is 4.39 Å². The minimum atomic E-state index is -0.887. The van der Waals surface area contributed by atoms with E-state index in [2.05, 4.69) is 15.5 Å². The lowest BCUT2D eigenvalue weighted by Crippen LogP contribution is -2.37. The van der Waals surface area contributed by atoms with E-state index in [-0.39, 0.29) is 12.1 Å². The van der Waals surface area contributed by atoms with E-state index < -0.39 is 23.3 Å². The molecule has 32 heavy (non-hydrogen) atoms. The summed E-state index contributed by atoms with van der Waals surface area (Å²) in [5.41, 5.74) is 3.53. The number of amides is 1. The Morgan fingerprint density at radius 2 is 1.75 bits per heavy atom. The van der Waals surface area contributed by atoms with Crippen LogP contribution < -0.4 is 10.9 Å². The fraction of sp³-hybridized carbons (Fsp3) is 0.250. The van der Waals surface area contributed by atoms with E-state index in [1.54, 1.807) is 36.7 Å². The Kier molecular flexibility index (Phi) is 5.61. The van der Waals surface area contributed by atoms with Gasteiger partial charge >= 0.3 is 0 Å². The second-order valence-corrected chi connectivity index (χ2v) is 7.88. The van der Waals surface area contributed by atoms with Crippen LogP contribution in [0, 0.1) is 26.6 Å². The number of hydrogen-bond donors (Lipinski definition) is 1. The molecule has 8 heteroatoms. The summed E-state index contributed by atoms with van der Waals surface area (Å²) in [6, 6.07) is 13.2. The third kappa shape index (κ3) is 3.79. The first-order valence-electron chi connectivity index (χ1n) is 10.3. The van der Waals surface area contributed by atoms with Gasteiger partial charge in [0.1, 0.15) is 11.9 Å². The van der Waals surface area contributed by atoms with Crippen molar-refractivity contribution < 1.29 is 9.18 Å². The van der Waals surface area contributed by atoms with E-state index >= 15 is 0 Å². The monoisotopic (exact) mass is 433 g/mol. The van der Waals surface area contributed by atoms with Crippen LogP contribution in [0.3, 0.4) is 0 Å². The van der Waals surface area contributed by atoms with Crippen molar-refractivity contribution in [3.63, 3.8) is 0 Å². The summed E-state index contributed by atoms with van der Waals surface area (Å²) in [5, 5.41) is 12.3. The van der Waals surface area contributed by atoms with Gasteiger partial charge in [0, 0.05) is 12.1 Å². The Bertz CT molecular complexity index is 1370. The molecule has 4 rings (SSSR count). The van der Waals surface area contributed by atoms with Crippen LogP contribution in [0.1, 0.15) is 35.5 Å². The lowest BCUT2D eigenvalue weighted by molar-refractivity contribution is -0.124. The Morgan fingerprint density at radius 3 is 2.44 bits per heavy atom. The first-order chi connectivity index (χ1) is 15.3. The fourth-order valence-corrected chi connectivity index (χ4v) is 3.73. The number of aryl methyl sites for hydroxylation is 3. The topological polar surface area (TPSA) is 81.8 Å². The van der Waals surface area contributed by atoms with E-state index in [9.17, 15) is 14.0 Å². The van der Waals surface area contributed by atoms with Gasteiger partial charge in [-0.25, -0.2) is 13.8 Å². The van der Waals surface area contributed by atoms with E-state index in [0.717, 1.165) is 21.6 Å². The predicted molar refractivity (Wildman–Crippen MR) is 120 cm³/mol. The number of benzene rings is 2. The Hall–Kier alpha value is -3.81. The number of fused-ring (bicyclic) bond motifs is 1. The highest BCUT2D eigenvalue weighted by Crippen LogP contribution is 2.22. The van der Waals surface area contributed by atoms with Crippen molar-refractivity contribution in [3.8, 4) is 5.69 Å². The number of nitrogens with zero attached hydrogens (tertiary/aromatic N) is 4. The number of nitrogens with one attached hydrogen (secondary N) is 1. The van der Waals surface area contributed by atoms with E-state index in [1.807, 2.05) is 38.1 Å². The number of aromatic nitrogens is 4. The zero-order valence-electron chi connectivity index (χ0n) is 18.4. The van der Waals surface area contributed by atoms with Crippen molar-refractivity contribution in [1.82, 2.24) is 24.9 Å². The van der Waals surface area contributed by atoms with Crippen LogP contribution in [-0.2, 0) is 11.3 Å². The van der Waals surface area contributed by atoms with Gasteiger partial charge in [-0.3, -0.25) is 9.59 Å². The second-order valence-electron chi connectivity index (χ2n) is 7.88. The molecule has 7 nitrogen and oxygen atoms in total. The molecule has 0 aliphatic heterocycles. The molecule has 2 aromatic carbocycles. The molecule has 0 radical (unpaired) electrons. The summed E-state index contributed by atoms with van der Waals surface area (Å²) in [6.07, 6.45) is 0. The first-order valence-corrected chi connectivity index (χ1v) is 10.3. The zero-order valence-corrected chi connectivity index (χ0v) is 18.4. The lowest BCUT2D eigenvalue weighted by Gasteiger charge is -2.15. The minimum absolute atomic E-state index is 0.0208. The highest BCUT2D eigenvalue weighted by atomic mass is 19.1. The van der Waals surface area contributed by atoms with Gasteiger partial charge < -0.3 is 5.32 Å². The molecule has 0 spiro atoms. The minimum Gasteiger partial charge on any atom is -0.350 e. The molecule has 0 saturated heterocycles. The molecule has 0 fully saturated rings. The largest absolute Gasteiger partial charge is 0.350 e. The molecule has 0 unspecified atom stereocenters. The summed E-state index contributed by atoms with van der Waals surface area (Å²) in [4.78, 5) is 25.9. The molecule has 0 bridgehead atoms. The summed E-state index contributed by atoms with van der Waals surface area (Å²) in [6.45, 7) is 7.28. The second kappa shape index (κ2) is 8.37. The van der Waals surface area contributed by atoms with Gasteiger partial charge in [-0.2, -0.15) is 10.2 Å². The van der Waals surface area contributed by atoms with Crippen LogP contribution in [0.15, 0.2) is 53.3 Å². The van der Waals surface area contributed by atoms with Crippen molar-refractivity contribution in [2.45, 2.75) is 40.3 Å². The van der Waals surface area contributed by atoms with Crippen LogP contribution in [0.25, 0.3) is 16.6 Å². The van der Waals surface area contributed by atoms with Gasteiger partial charge in [0.15, 0.2) is 5.52 Å². The van der Waals surface area contributed by atoms with E-state index in [1.165, 1.54) is 6.07 Å². The average molecular weight is 433 g/mol. The Balaban J connectivity index is 1.68. The molecule has 1 atom stereocenters. The van der Waals surface area contributed by atoms with Crippen LogP contribution in [0.5, 0.6) is 0 Å². The quantitative estimate of drug-likeness (QED) is 0.522. The summed E-state index contributed by atoms with van der Waals surface area (Å²) < 4.78 is 16.7. The fourth-order valence-electron chi connectivity index (χ4n) is 3.73. The Labute approximate surface area is 184 Å². The Morgan fingerprint density at radius 1 is 1.06 bits per heavy atom. The van der Waals surface area contributed by atoms with Crippen molar-refractivity contribution in [3.05, 3.63) is 87.2 Å². The van der Waals surface area contributed by atoms with Crippen molar-refractivity contribution >= 4 is 16.8 Å². The maximum Gasteiger partial charge on any atom is 0.295 e. The lowest BCUT2D eigenvalue weighted by atomic mass is 10.2. The normalized spacial score (nSPS) is 12.2. The first kappa shape index (κ1) is 21.4. The van der Waals surface area contributed by atoms with Gasteiger partial charge in [-0.05, 0) is 45.9 Å². The van der Waals surface area contributed by atoms with Crippen molar-refractivity contribution in [2.75, 3.05) is 0 Å². The molecule has 2 aromatic heterocycles. The van der Waals surface area contributed by atoms with Crippen LogP contribution in [0.2, 0.25) is 0 Å². The van der Waals surface area contributed by atoms with Gasteiger partial charge in [0.2, 0.25) is 5.91 Å². The van der Waals surface area contributed by atoms with E-state index in [0.29, 0.717) is 16.6 Å². The summed E-state index contributed by atoms with van der Waals surface area (Å²) in [7, 11) is 0. The zero-order chi connectivity index (χ0) is 23.0. The molecule has 164 valence electrons. The highest BCUT2D eigenvalue weighted by Gasteiger charge is 2.23. The van der Waals surface area contributed by atoms with Gasteiger partial charge in [-0.1, -0.05) is 35.9 Å². The SMILES string of the molecule is Cc1ccc(-n2nc3c(=O)n([C@@H](C)C(=O)NCc4ccccc4F)nc(C)c3c2C)cc1. The molecule has 1 amide bonds. The maximum atomic E-state index is 13.8.